The molecule has 3 aromatic rings. The van der Waals surface area contributed by atoms with Crippen molar-refractivity contribution in [3.8, 4) is 11.5 Å². The van der Waals surface area contributed by atoms with Gasteiger partial charge < -0.3 is 9.47 Å². The number of aromatic nitrogens is 2. The van der Waals surface area contributed by atoms with Gasteiger partial charge in [0.05, 0.1) is 35.3 Å². The van der Waals surface area contributed by atoms with Gasteiger partial charge in [0, 0.05) is 22.5 Å². The van der Waals surface area contributed by atoms with Crippen LogP contribution < -0.4 is 15.0 Å². The number of benzene rings is 2. The molecule has 9 nitrogen and oxygen atoms in total. The molecule has 0 aliphatic carbocycles. The number of nitrogens with zero attached hydrogens (tertiary/aromatic N) is 4. The predicted molar refractivity (Wildman–Crippen MR) is 122 cm³/mol. The van der Waals surface area contributed by atoms with Gasteiger partial charge in [-0.2, -0.15) is 9.78 Å². The van der Waals surface area contributed by atoms with Crippen molar-refractivity contribution in [2.75, 3.05) is 13.2 Å². The molecule has 2 aromatic carbocycles. The number of hydrogen-bond acceptors (Lipinski definition) is 7. The lowest BCUT2D eigenvalue weighted by Crippen LogP contribution is -2.22. The van der Waals surface area contributed by atoms with Gasteiger partial charge in [-0.05, 0) is 38.1 Å². The van der Waals surface area contributed by atoms with Gasteiger partial charge in [-0.15, -0.1) is 0 Å². The van der Waals surface area contributed by atoms with E-state index < -0.39 is 4.92 Å². The Kier molecular flexibility index (Phi) is 7.01. The van der Waals surface area contributed by atoms with Crippen LogP contribution >= 0.6 is 15.9 Å². The fourth-order valence-electron chi connectivity index (χ4n) is 3.04. The maximum absolute atomic E-state index is 13.0. The standard InChI is InChI=1S/C21H21BrN4O5/c1-4-19-24-16-8-7-14(22)11-15(16)21(27)25(19)23-12-13-9-17(26(28)29)20(31-6-3)18(10-13)30-5-2/h7-12H,4-6H2,1-3H3. The molecule has 3 rings (SSSR count). The van der Waals surface area contributed by atoms with Gasteiger partial charge in [-0.25, -0.2) is 4.98 Å². The summed E-state index contributed by atoms with van der Waals surface area (Å²) in [7, 11) is 0. The number of nitro groups is 1. The molecule has 0 fully saturated rings. The van der Waals surface area contributed by atoms with Crippen LogP contribution in [0.5, 0.6) is 11.5 Å². The van der Waals surface area contributed by atoms with Crippen LogP contribution in [-0.2, 0) is 6.42 Å². The molecule has 0 N–H and O–H groups in total. The van der Waals surface area contributed by atoms with Crippen LogP contribution in [0, 0.1) is 10.1 Å². The third kappa shape index (κ3) is 4.74. The molecule has 0 aliphatic rings. The third-order valence-electron chi connectivity index (χ3n) is 4.36. The fourth-order valence-corrected chi connectivity index (χ4v) is 3.40. The number of hydrogen-bond donors (Lipinski definition) is 0. The van der Waals surface area contributed by atoms with Crippen LogP contribution in [0.4, 0.5) is 5.69 Å². The smallest absolute Gasteiger partial charge is 0.315 e. The number of rotatable bonds is 8. The van der Waals surface area contributed by atoms with Gasteiger partial charge in [0.25, 0.3) is 5.56 Å². The van der Waals surface area contributed by atoms with Crippen LogP contribution in [0.3, 0.4) is 0 Å². The summed E-state index contributed by atoms with van der Waals surface area (Å²) < 4.78 is 12.9. The molecule has 0 bridgehead atoms. The minimum atomic E-state index is -0.538. The van der Waals surface area contributed by atoms with Gasteiger partial charge in [0.1, 0.15) is 5.82 Å². The highest BCUT2D eigenvalue weighted by atomic mass is 79.9. The van der Waals surface area contributed by atoms with E-state index in [0.717, 1.165) is 4.47 Å². The second-order valence-electron chi connectivity index (χ2n) is 6.40. The summed E-state index contributed by atoms with van der Waals surface area (Å²) in [5.41, 5.74) is 0.400. The van der Waals surface area contributed by atoms with Crippen molar-refractivity contribution in [2.45, 2.75) is 27.2 Å². The van der Waals surface area contributed by atoms with E-state index in [2.05, 4.69) is 26.0 Å². The van der Waals surface area contributed by atoms with Crippen molar-refractivity contribution >= 4 is 38.7 Å². The maximum atomic E-state index is 13.0. The van der Waals surface area contributed by atoms with Crippen LogP contribution in [0.2, 0.25) is 0 Å². The maximum Gasteiger partial charge on any atom is 0.315 e. The fraction of sp³-hybridized carbons (Fsp3) is 0.286. The van der Waals surface area contributed by atoms with Crippen molar-refractivity contribution in [1.82, 2.24) is 9.66 Å². The van der Waals surface area contributed by atoms with E-state index >= 15 is 0 Å². The molecule has 1 aromatic heterocycles. The summed E-state index contributed by atoms with van der Waals surface area (Å²) in [4.78, 5) is 28.5. The highest BCUT2D eigenvalue weighted by molar-refractivity contribution is 9.10. The first kappa shape index (κ1) is 22.4. The van der Waals surface area contributed by atoms with E-state index in [1.165, 1.54) is 17.0 Å². The normalized spacial score (nSPS) is 11.2. The van der Waals surface area contributed by atoms with Crippen LogP contribution in [-0.4, -0.2) is 34.0 Å². The lowest BCUT2D eigenvalue weighted by Gasteiger charge is -2.12. The topological polar surface area (TPSA) is 109 Å². The SMILES string of the molecule is CCOc1cc(C=Nn2c(CC)nc3ccc(Br)cc3c2=O)cc([N+](=O)[O-])c1OCC. The molecule has 0 aliphatic heterocycles. The van der Waals surface area contributed by atoms with Gasteiger partial charge in [0.2, 0.25) is 5.75 Å². The van der Waals surface area contributed by atoms with E-state index in [4.69, 9.17) is 9.47 Å². The van der Waals surface area contributed by atoms with E-state index in [0.29, 0.717) is 35.3 Å². The lowest BCUT2D eigenvalue weighted by atomic mass is 10.2. The quantitative estimate of drug-likeness (QED) is 0.265. The average Bonchev–Trinajstić information content (AvgIpc) is 2.74. The Labute approximate surface area is 186 Å². The molecule has 0 unspecified atom stereocenters. The van der Waals surface area contributed by atoms with Crippen molar-refractivity contribution in [3.05, 3.63) is 66.7 Å². The Hall–Kier alpha value is -3.27. The zero-order valence-corrected chi connectivity index (χ0v) is 18.9. The highest BCUT2D eigenvalue weighted by Crippen LogP contribution is 2.38. The molecule has 0 amide bonds. The zero-order valence-electron chi connectivity index (χ0n) is 17.3. The molecular weight excluding hydrogens is 468 g/mol. The second kappa shape index (κ2) is 9.69. The summed E-state index contributed by atoms with van der Waals surface area (Å²) in [5.74, 6) is 0.778. The van der Waals surface area contributed by atoms with E-state index in [1.54, 1.807) is 32.0 Å². The first-order valence-corrected chi connectivity index (χ1v) is 10.5. The number of nitro benzene ring substituents is 1. The van der Waals surface area contributed by atoms with E-state index in [9.17, 15) is 14.9 Å². The number of fused-ring (bicyclic) bond motifs is 1. The Morgan fingerprint density at radius 1 is 1.19 bits per heavy atom. The molecule has 0 atom stereocenters. The first-order chi connectivity index (χ1) is 14.9. The summed E-state index contributed by atoms with van der Waals surface area (Å²) in [5, 5.41) is 16.3. The molecule has 0 spiro atoms. The predicted octanol–water partition coefficient (Wildman–Crippen LogP) is 4.31. The van der Waals surface area contributed by atoms with Crippen molar-refractivity contribution in [2.24, 2.45) is 5.10 Å². The second-order valence-corrected chi connectivity index (χ2v) is 7.31. The minimum Gasteiger partial charge on any atom is -0.490 e. The molecule has 0 saturated carbocycles. The van der Waals surface area contributed by atoms with Crippen molar-refractivity contribution in [1.29, 1.82) is 0 Å². The number of halogens is 1. The zero-order chi connectivity index (χ0) is 22.5. The van der Waals surface area contributed by atoms with Gasteiger partial charge in [-0.3, -0.25) is 14.9 Å². The van der Waals surface area contributed by atoms with Crippen molar-refractivity contribution in [3.63, 3.8) is 0 Å². The Morgan fingerprint density at radius 2 is 1.94 bits per heavy atom. The van der Waals surface area contributed by atoms with Gasteiger partial charge in [-0.1, -0.05) is 22.9 Å². The first-order valence-electron chi connectivity index (χ1n) is 9.73. The van der Waals surface area contributed by atoms with Gasteiger partial charge in [0.15, 0.2) is 5.75 Å². The molecule has 162 valence electrons. The molecule has 10 heteroatoms. The molecule has 0 saturated heterocycles. The Bertz CT molecular complexity index is 1220. The molecule has 0 radical (unpaired) electrons. The number of ether oxygens (including phenoxy) is 2. The highest BCUT2D eigenvalue weighted by Gasteiger charge is 2.22. The van der Waals surface area contributed by atoms with Gasteiger partial charge >= 0.3 is 5.69 Å². The Balaban J connectivity index is 2.15. The van der Waals surface area contributed by atoms with Crippen LogP contribution in [0.25, 0.3) is 10.9 Å². The molecular formula is C21H21BrN4O5. The average molecular weight is 489 g/mol. The monoisotopic (exact) mass is 488 g/mol. The largest absolute Gasteiger partial charge is 0.490 e. The number of aryl methyl sites for hydroxylation is 1. The van der Waals surface area contributed by atoms with Crippen LogP contribution in [0.1, 0.15) is 32.2 Å². The summed E-state index contributed by atoms with van der Waals surface area (Å²) >= 11 is 3.36. The minimum absolute atomic E-state index is 0.0649. The van der Waals surface area contributed by atoms with E-state index in [-0.39, 0.29) is 29.4 Å². The lowest BCUT2D eigenvalue weighted by molar-refractivity contribution is -0.385. The molecule has 31 heavy (non-hydrogen) atoms. The summed E-state index contributed by atoms with van der Waals surface area (Å²) in [6.45, 7) is 5.93. The summed E-state index contributed by atoms with van der Waals surface area (Å²) in [6, 6.07) is 8.19. The molecule has 1 heterocycles. The summed E-state index contributed by atoms with van der Waals surface area (Å²) in [6.07, 6.45) is 1.85. The Morgan fingerprint density at radius 3 is 2.58 bits per heavy atom. The van der Waals surface area contributed by atoms with Crippen molar-refractivity contribution < 1.29 is 14.4 Å². The van der Waals surface area contributed by atoms with Crippen LogP contribution in [0.15, 0.2) is 44.7 Å². The third-order valence-corrected chi connectivity index (χ3v) is 4.85. The van der Waals surface area contributed by atoms with E-state index in [1.807, 2.05) is 13.0 Å².